The lowest BCUT2D eigenvalue weighted by molar-refractivity contribution is -0.159. The minimum absolute atomic E-state index is 0.00506. The van der Waals surface area contributed by atoms with E-state index in [1.165, 1.54) is 23.2 Å². The summed E-state index contributed by atoms with van der Waals surface area (Å²) in [4.78, 5) is 81.4. The van der Waals surface area contributed by atoms with E-state index in [0.29, 0.717) is 11.3 Å². The molecule has 2 saturated heterocycles. The number of phosphoric acid groups is 1. The number of azide groups is 1. The number of imidazole rings is 1. The van der Waals surface area contributed by atoms with Gasteiger partial charge in [0.05, 0.1) is 19.5 Å². The predicted molar refractivity (Wildman–Crippen MR) is 229 cm³/mol. The van der Waals surface area contributed by atoms with Crippen molar-refractivity contribution in [2.24, 2.45) is 5.11 Å². The highest BCUT2D eigenvalue weighted by atomic mass is 31.2. The van der Waals surface area contributed by atoms with Crippen molar-refractivity contribution in [1.82, 2.24) is 39.7 Å². The molecule has 1 aromatic carbocycles. The molecule has 6 rings (SSSR count). The Morgan fingerprint density at radius 1 is 1.09 bits per heavy atom. The smallest absolute Gasteiger partial charge is 0.455 e. The normalized spacial score (nSPS) is 22.9. The van der Waals surface area contributed by atoms with Crippen LogP contribution in [0.2, 0.25) is 0 Å². The monoisotopic (exact) mass is 959 g/mol. The Balaban J connectivity index is 1.14. The maximum atomic E-state index is 14.0. The van der Waals surface area contributed by atoms with Crippen molar-refractivity contribution in [3.63, 3.8) is 0 Å². The molecule has 4 aromatic rings. The van der Waals surface area contributed by atoms with E-state index in [9.17, 15) is 38.8 Å². The van der Waals surface area contributed by atoms with Crippen molar-refractivity contribution in [3.8, 4) is 0 Å². The number of nitrogen functional groups attached to an aromatic ring is 2. The topological polar surface area (TPSA) is 397 Å². The summed E-state index contributed by atoms with van der Waals surface area (Å²) in [6.45, 7) is 3.21. The van der Waals surface area contributed by atoms with Crippen molar-refractivity contribution in [3.05, 3.63) is 75.7 Å². The molecule has 2 aliphatic heterocycles. The number of alkyl carbamates (subject to hydrolysis) is 2. The number of carbonyl (C=O) groups excluding carboxylic acids is 3. The fourth-order valence-electron chi connectivity index (χ4n) is 7.00. The summed E-state index contributed by atoms with van der Waals surface area (Å²) in [5.74, 6) is -1.12. The molecule has 0 bridgehead atoms. The van der Waals surface area contributed by atoms with Crippen molar-refractivity contribution < 1.29 is 66.8 Å². The van der Waals surface area contributed by atoms with Gasteiger partial charge in [-0.15, -0.1) is 0 Å². The third-order valence-corrected chi connectivity index (χ3v) is 11.1. The van der Waals surface area contributed by atoms with E-state index in [4.69, 9.17) is 49.7 Å². The fraction of sp³-hybridized carbons (Fsp3) is 0.526. The van der Waals surface area contributed by atoms with Crippen molar-refractivity contribution >= 4 is 54.5 Å². The third kappa shape index (κ3) is 13.1. The van der Waals surface area contributed by atoms with Crippen LogP contribution in [0.1, 0.15) is 64.5 Å². The lowest BCUT2D eigenvalue weighted by Gasteiger charge is -2.26. The first-order valence-corrected chi connectivity index (χ1v) is 22.1. The number of nitrogens with two attached hydrogens (primary N) is 2. The Hall–Kier alpha value is -6.48. The van der Waals surface area contributed by atoms with Gasteiger partial charge in [0.25, 0.3) is 0 Å². The molecule has 2 fully saturated rings. The van der Waals surface area contributed by atoms with E-state index in [0.717, 1.165) is 10.9 Å². The highest BCUT2D eigenvalue weighted by Gasteiger charge is 2.50. The van der Waals surface area contributed by atoms with Crippen LogP contribution < -0.4 is 27.8 Å². The maximum Gasteiger partial charge on any atom is 0.472 e. The lowest BCUT2D eigenvalue weighted by atomic mass is 10.1. The van der Waals surface area contributed by atoms with E-state index in [1.807, 2.05) is 0 Å². The molecule has 28 nitrogen and oxygen atoms in total. The number of aliphatic hydroxyl groups is 2. The molecule has 0 aliphatic carbocycles. The molecule has 362 valence electrons. The Kier molecular flexibility index (Phi) is 16.3. The van der Waals surface area contributed by atoms with Gasteiger partial charge in [0.15, 0.2) is 23.8 Å². The van der Waals surface area contributed by atoms with E-state index >= 15 is 0 Å². The summed E-state index contributed by atoms with van der Waals surface area (Å²) in [5.41, 5.74) is 19.6. The molecule has 29 heteroatoms. The number of benzene rings is 1. The number of anilines is 2. The highest BCUT2D eigenvalue weighted by molar-refractivity contribution is 7.47. The largest absolute Gasteiger partial charge is 0.472 e. The van der Waals surface area contributed by atoms with Gasteiger partial charge in [-0.1, -0.05) is 29.4 Å². The number of carbonyl (C=O) groups is 3. The molecule has 2 amide bonds. The quantitative estimate of drug-likeness (QED) is 0.0135. The Bertz CT molecular complexity index is 2550. The van der Waals surface area contributed by atoms with E-state index < -0.39 is 99.5 Å². The van der Waals surface area contributed by atoms with Gasteiger partial charge >= 0.3 is 31.7 Å². The van der Waals surface area contributed by atoms with Crippen molar-refractivity contribution in [1.29, 1.82) is 0 Å². The van der Waals surface area contributed by atoms with Crippen LogP contribution in [0.3, 0.4) is 0 Å². The van der Waals surface area contributed by atoms with Crippen LogP contribution in [0.5, 0.6) is 0 Å². The van der Waals surface area contributed by atoms with E-state index in [1.54, 1.807) is 45.0 Å². The molecule has 0 saturated carbocycles. The summed E-state index contributed by atoms with van der Waals surface area (Å²) >= 11 is 0. The maximum absolute atomic E-state index is 14.0. The molecular weight excluding hydrogens is 909 g/mol. The standard InChI is InChI=1S/C38H50N13O15P/c1-38(2,3)65-37(57)46-22(10-6-7-12-42-36(56)60-16-20-8-4-5-9-21(20)48-49-41)34(54)64-30-25(63-33(29(30)53)51-19-45-28-31(40)43-18-44-32(28)51)17-61-67(58,59)66-23-14-27(62-24(23)15-52)50-13-11-26(39)47-35(50)55/h4-5,8-9,11,13,18-19,22-25,27,29-30,33,52-53H,6-7,10,12,14-17H2,1-3H3,(H,42,56)(H,46,57)(H,58,59)(H2,39,47,55)(H2,40,43,44)/t22-,23-,24+,25+,27+,29+,30+,33+/m0/s1. The number of fused-ring (bicyclic) bond motifs is 1. The lowest BCUT2D eigenvalue weighted by Crippen LogP contribution is -2.47. The van der Waals surface area contributed by atoms with Crippen LogP contribution >= 0.6 is 7.82 Å². The average Bonchev–Trinajstić information content (AvgIpc) is 3.96. The van der Waals surface area contributed by atoms with Crippen LogP contribution in [0.25, 0.3) is 21.6 Å². The van der Waals surface area contributed by atoms with Crippen molar-refractivity contribution in [2.75, 3.05) is 31.2 Å². The molecule has 1 unspecified atom stereocenters. The molecule has 3 aromatic heterocycles. The van der Waals surface area contributed by atoms with Gasteiger partial charge < -0.3 is 60.9 Å². The first-order valence-electron chi connectivity index (χ1n) is 20.6. The van der Waals surface area contributed by atoms with Gasteiger partial charge in [-0.2, -0.15) is 4.98 Å². The summed E-state index contributed by atoms with van der Waals surface area (Å²) in [7, 11) is -5.10. The molecule has 5 heterocycles. The molecule has 0 spiro atoms. The van der Waals surface area contributed by atoms with Gasteiger partial charge in [-0.25, -0.2) is 38.7 Å². The Morgan fingerprint density at radius 2 is 1.87 bits per heavy atom. The second-order valence-corrected chi connectivity index (χ2v) is 17.5. The minimum atomic E-state index is -5.10. The van der Waals surface area contributed by atoms with Crippen molar-refractivity contribution in [2.45, 2.75) is 108 Å². The Labute approximate surface area is 380 Å². The van der Waals surface area contributed by atoms with Crippen LogP contribution in [0.4, 0.5) is 26.9 Å². The summed E-state index contributed by atoms with van der Waals surface area (Å²) in [6, 6.07) is 6.48. The zero-order chi connectivity index (χ0) is 48.5. The summed E-state index contributed by atoms with van der Waals surface area (Å²) in [5, 5.41) is 30.3. The first-order chi connectivity index (χ1) is 31.9. The minimum Gasteiger partial charge on any atom is -0.455 e. The number of aliphatic hydroxyl groups excluding tert-OH is 2. The molecule has 2 aliphatic rings. The second kappa shape index (κ2) is 21.9. The zero-order valence-corrected chi connectivity index (χ0v) is 37.2. The molecule has 67 heavy (non-hydrogen) atoms. The van der Waals surface area contributed by atoms with Gasteiger partial charge in [0.2, 0.25) is 0 Å². The number of amides is 2. The second-order valence-electron chi connectivity index (χ2n) is 16.1. The van der Waals surface area contributed by atoms with Crippen LogP contribution in [-0.4, -0.2) is 124 Å². The number of nitrogens with zero attached hydrogens (tertiary/aromatic N) is 9. The highest BCUT2D eigenvalue weighted by Crippen LogP contribution is 2.49. The number of phosphoric ester groups is 1. The molecule has 9 atom stereocenters. The average molecular weight is 960 g/mol. The molecular formula is C38H50N13O15P. The number of esters is 1. The fourth-order valence-corrected chi connectivity index (χ4v) is 7.96. The van der Waals surface area contributed by atoms with Crippen LogP contribution in [0, 0.1) is 0 Å². The third-order valence-electron chi connectivity index (χ3n) is 10.1. The molecule has 0 radical (unpaired) electrons. The summed E-state index contributed by atoms with van der Waals surface area (Å²) in [6.07, 6.45) is -7.73. The van der Waals surface area contributed by atoms with Crippen LogP contribution in [-0.2, 0) is 48.7 Å². The number of nitrogens with one attached hydrogen (secondary N) is 2. The van der Waals surface area contributed by atoms with Gasteiger partial charge in [-0.05, 0) is 57.2 Å². The van der Waals surface area contributed by atoms with Gasteiger partial charge in [-0.3, -0.25) is 18.2 Å². The number of aromatic nitrogens is 6. The number of hydrogen-bond acceptors (Lipinski definition) is 21. The van der Waals surface area contributed by atoms with Gasteiger partial charge in [0.1, 0.15) is 66.6 Å². The summed E-state index contributed by atoms with van der Waals surface area (Å²) < 4.78 is 54.7. The first kappa shape index (κ1) is 49.9. The van der Waals surface area contributed by atoms with Crippen LogP contribution in [0.15, 0.2) is 59.1 Å². The number of ether oxygens (including phenoxy) is 5. The van der Waals surface area contributed by atoms with E-state index in [-0.39, 0.29) is 61.6 Å². The predicted octanol–water partition coefficient (Wildman–Crippen LogP) is 2.13. The number of hydrogen-bond donors (Lipinski definition) is 7. The number of unbranched alkanes of at least 4 members (excludes halogenated alkanes) is 1. The number of rotatable bonds is 19. The van der Waals surface area contributed by atoms with Gasteiger partial charge in [0, 0.05) is 29.8 Å². The van der Waals surface area contributed by atoms with E-state index in [2.05, 4.69) is 40.6 Å². The molecule has 9 N–H and O–H groups in total. The zero-order valence-electron chi connectivity index (χ0n) is 36.3. The Morgan fingerprint density at radius 3 is 2.60 bits per heavy atom. The SMILES string of the molecule is CC(C)(C)OC(=O)N[C@@H](CCCCNC(=O)OCc1ccccc1N=[N+]=[N-])C(=O)O[C@H]1[C@@H](O)[C@H](n2cnc3c(N)ncnc32)O[C@@H]1COP(=O)(O)O[C@H]1C[C@H](n2ccc(N)nc2=O)O[C@@H]1CO.